The van der Waals surface area contributed by atoms with Crippen LogP contribution in [0.15, 0.2) is 42.5 Å². The standard InChI is InChI=1S/C30H35ClN4O3/c1-2-34(18-16-22(19-32)23-11-5-6-13-26(23)31)17-7-3-4-9-21-10-8-12-24-25(21)20-35(30(24)38)27-14-15-28(36)33-29(27)37/h5-6,8,10-13,22,27H,2-4,7,9,14-18,20H2,1H3,(H,33,36,37). The van der Waals surface area contributed by atoms with Gasteiger partial charge in [0.25, 0.3) is 5.91 Å². The Bertz CT molecular complexity index is 1220. The average molecular weight is 535 g/mol. The van der Waals surface area contributed by atoms with Crippen LogP contribution in [-0.2, 0) is 22.6 Å². The lowest BCUT2D eigenvalue weighted by Gasteiger charge is -2.29. The molecule has 2 aliphatic heterocycles. The number of unbranched alkanes of at least 4 members (excludes halogenated alkanes) is 2. The van der Waals surface area contributed by atoms with Gasteiger partial charge in [0.05, 0.1) is 12.0 Å². The van der Waals surface area contributed by atoms with E-state index in [0.717, 1.165) is 68.4 Å². The lowest BCUT2D eigenvalue weighted by Crippen LogP contribution is -2.52. The zero-order chi connectivity index (χ0) is 27.1. The molecule has 8 heteroatoms. The molecule has 0 bridgehead atoms. The van der Waals surface area contributed by atoms with Gasteiger partial charge in [-0.05, 0) is 80.6 Å². The second kappa shape index (κ2) is 13.0. The number of imide groups is 1. The fourth-order valence-corrected chi connectivity index (χ4v) is 5.77. The quantitative estimate of drug-likeness (QED) is 0.311. The van der Waals surface area contributed by atoms with Gasteiger partial charge in [-0.2, -0.15) is 5.26 Å². The number of hydrogen-bond donors (Lipinski definition) is 1. The monoisotopic (exact) mass is 534 g/mol. The first-order chi connectivity index (χ1) is 18.4. The van der Waals surface area contributed by atoms with Gasteiger partial charge in [-0.15, -0.1) is 0 Å². The molecular formula is C30H35ClN4O3. The van der Waals surface area contributed by atoms with Crippen LogP contribution in [0.4, 0.5) is 0 Å². The van der Waals surface area contributed by atoms with Crippen LogP contribution >= 0.6 is 11.6 Å². The maximum Gasteiger partial charge on any atom is 0.255 e. The minimum atomic E-state index is -0.584. The van der Waals surface area contributed by atoms with Crippen molar-refractivity contribution in [3.63, 3.8) is 0 Å². The predicted octanol–water partition coefficient (Wildman–Crippen LogP) is 4.83. The first kappa shape index (κ1) is 27.8. The second-order valence-electron chi connectivity index (χ2n) is 10.1. The van der Waals surface area contributed by atoms with Gasteiger partial charge in [0.15, 0.2) is 0 Å². The van der Waals surface area contributed by atoms with Gasteiger partial charge in [0.2, 0.25) is 11.8 Å². The molecule has 0 aromatic heterocycles. The van der Waals surface area contributed by atoms with E-state index < -0.39 is 6.04 Å². The van der Waals surface area contributed by atoms with E-state index in [1.165, 1.54) is 0 Å². The number of fused-ring (bicyclic) bond motifs is 1. The summed E-state index contributed by atoms with van der Waals surface area (Å²) in [6.45, 7) is 5.34. The average Bonchev–Trinajstić information content (AvgIpc) is 3.25. The van der Waals surface area contributed by atoms with Gasteiger partial charge in [-0.1, -0.05) is 55.3 Å². The van der Waals surface area contributed by atoms with Gasteiger partial charge in [0, 0.05) is 23.6 Å². The molecule has 7 nitrogen and oxygen atoms in total. The Kier molecular flexibility index (Phi) is 9.54. The normalized spacial score (nSPS) is 17.9. The Morgan fingerprint density at radius 2 is 1.92 bits per heavy atom. The van der Waals surface area contributed by atoms with Gasteiger partial charge in [0.1, 0.15) is 6.04 Å². The van der Waals surface area contributed by atoms with Crippen LogP contribution in [0.2, 0.25) is 5.02 Å². The summed E-state index contributed by atoms with van der Waals surface area (Å²) in [6.07, 6.45) is 5.42. The molecule has 0 radical (unpaired) electrons. The van der Waals surface area contributed by atoms with Crippen molar-refractivity contribution in [3.05, 3.63) is 69.7 Å². The molecule has 38 heavy (non-hydrogen) atoms. The van der Waals surface area contributed by atoms with E-state index in [0.29, 0.717) is 23.6 Å². The van der Waals surface area contributed by atoms with Gasteiger partial charge in [-0.25, -0.2) is 0 Å². The first-order valence-corrected chi connectivity index (χ1v) is 13.9. The highest BCUT2D eigenvalue weighted by atomic mass is 35.5. The van der Waals surface area contributed by atoms with Crippen LogP contribution in [0.5, 0.6) is 0 Å². The fourth-order valence-electron chi connectivity index (χ4n) is 5.50. The number of nitrogens with zero attached hydrogens (tertiary/aromatic N) is 3. The minimum Gasteiger partial charge on any atom is -0.322 e. The summed E-state index contributed by atoms with van der Waals surface area (Å²) in [5.74, 6) is -0.983. The molecule has 0 aliphatic carbocycles. The summed E-state index contributed by atoms with van der Waals surface area (Å²) in [6, 6.07) is 15.2. The van der Waals surface area contributed by atoms with Crippen LogP contribution < -0.4 is 5.32 Å². The van der Waals surface area contributed by atoms with Crippen LogP contribution in [0.25, 0.3) is 0 Å². The maximum absolute atomic E-state index is 13.0. The van der Waals surface area contributed by atoms with Crippen molar-refractivity contribution in [2.24, 2.45) is 0 Å². The maximum atomic E-state index is 13.0. The van der Waals surface area contributed by atoms with Crippen molar-refractivity contribution in [1.29, 1.82) is 5.26 Å². The predicted molar refractivity (Wildman–Crippen MR) is 147 cm³/mol. The van der Waals surface area contributed by atoms with Crippen molar-refractivity contribution in [2.45, 2.75) is 70.4 Å². The van der Waals surface area contributed by atoms with Gasteiger partial charge >= 0.3 is 0 Å². The molecule has 2 aliphatic rings. The third kappa shape index (κ3) is 6.43. The lowest BCUT2D eigenvalue weighted by atomic mass is 9.96. The van der Waals surface area contributed by atoms with Crippen LogP contribution in [0.1, 0.15) is 78.4 Å². The molecule has 0 spiro atoms. The van der Waals surface area contributed by atoms with E-state index >= 15 is 0 Å². The molecule has 2 aromatic rings. The summed E-state index contributed by atoms with van der Waals surface area (Å²) in [5.41, 5.74) is 3.75. The highest BCUT2D eigenvalue weighted by Gasteiger charge is 2.39. The van der Waals surface area contributed by atoms with Crippen LogP contribution in [0, 0.1) is 11.3 Å². The minimum absolute atomic E-state index is 0.123. The van der Waals surface area contributed by atoms with Crippen LogP contribution in [-0.4, -0.2) is 53.2 Å². The molecule has 2 atom stereocenters. The molecule has 200 valence electrons. The van der Waals surface area contributed by atoms with Crippen molar-refractivity contribution < 1.29 is 14.4 Å². The Balaban J connectivity index is 1.24. The number of carbonyl (C=O) groups excluding carboxylic acids is 3. The van der Waals surface area contributed by atoms with Crippen molar-refractivity contribution in [3.8, 4) is 6.07 Å². The molecular weight excluding hydrogens is 500 g/mol. The number of benzene rings is 2. The molecule has 1 saturated heterocycles. The Morgan fingerprint density at radius 3 is 2.66 bits per heavy atom. The summed E-state index contributed by atoms with van der Waals surface area (Å²) >= 11 is 6.30. The van der Waals surface area contributed by atoms with Gasteiger partial charge < -0.3 is 9.80 Å². The highest BCUT2D eigenvalue weighted by molar-refractivity contribution is 6.31. The number of nitriles is 1. The molecule has 1 fully saturated rings. The fraction of sp³-hybridized carbons (Fsp3) is 0.467. The van der Waals surface area contributed by atoms with E-state index in [4.69, 9.17) is 11.6 Å². The lowest BCUT2D eigenvalue weighted by molar-refractivity contribution is -0.136. The Morgan fingerprint density at radius 1 is 1.11 bits per heavy atom. The topological polar surface area (TPSA) is 93.5 Å². The summed E-state index contributed by atoms with van der Waals surface area (Å²) in [5, 5.41) is 12.7. The highest BCUT2D eigenvalue weighted by Crippen LogP contribution is 2.31. The van der Waals surface area contributed by atoms with E-state index in [1.807, 2.05) is 36.4 Å². The largest absolute Gasteiger partial charge is 0.322 e. The second-order valence-corrected chi connectivity index (χ2v) is 10.5. The Hall–Kier alpha value is -3.21. The zero-order valence-corrected chi connectivity index (χ0v) is 22.7. The molecule has 1 N–H and O–H groups in total. The van der Waals surface area contributed by atoms with Crippen molar-refractivity contribution >= 4 is 29.3 Å². The summed E-state index contributed by atoms with van der Waals surface area (Å²) < 4.78 is 0. The smallest absolute Gasteiger partial charge is 0.255 e. The van der Waals surface area contributed by atoms with E-state index in [2.05, 4.69) is 29.3 Å². The third-order valence-corrected chi connectivity index (χ3v) is 8.06. The first-order valence-electron chi connectivity index (χ1n) is 13.5. The SMILES string of the molecule is CCN(CCCCCc1cccc2c1CN(C1CCC(=O)NC1=O)C2=O)CCC(C#N)c1ccccc1Cl. The number of rotatable bonds is 12. The number of piperidine rings is 1. The molecule has 3 amide bonds. The van der Waals surface area contributed by atoms with Crippen molar-refractivity contribution in [1.82, 2.24) is 15.1 Å². The third-order valence-electron chi connectivity index (χ3n) is 7.72. The zero-order valence-electron chi connectivity index (χ0n) is 21.9. The summed E-state index contributed by atoms with van der Waals surface area (Å²) in [4.78, 5) is 40.9. The number of hydrogen-bond acceptors (Lipinski definition) is 5. The number of carbonyl (C=O) groups is 3. The van der Waals surface area contributed by atoms with Crippen molar-refractivity contribution in [2.75, 3.05) is 19.6 Å². The summed E-state index contributed by atoms with van der Waals surface area (Å²) in [7, 11) is 0. The Labute approximate surface area is 229 Å². The number of aryl methyl sites for hydroxylation is 1. The van der Waals surface area contributed by atoms with Crippen LogP contribution in [0.3, 0.4) is 0 Å². The molecule has 2 aromatic carbocycles. The number of nitrogens with one attached hydrogen (secondary N) is 1. The molecule has 2 heterocycles. The van der Waals surface area contributed by atoms with Gasteiger partial charge in [-0.3, -0.25) is 19.7 Å². The van der Waals surface area contributed by atoms with E-state index in [9.17, 15) is 19.6 Å². The van der Waals surface area contributed by atoms with E-state index in [1.54, 1.807) is 4.90 Å². The molecule has 0 saturated carbocycles. The molecule has 4 rings (SSSR count). The van der Waals surface area contributed by atoms with E-state index in [-0.39, 0.29) is 30.1 Å². The number of amides is 3. The molecule has 2 unspecified atom stereocenters. The number of halogens is 1.